The number of benzene rings is 1. The van der Waals surface area contributed by atoms with Gasteiger partial charge in [-0.1, -0.05) is 37.3 Å². The lowest BCUT2D eigenvalue weighted by Gasteiger charge is -2.37. The van der Waals surface area contributed by atoms with Crippen molar-refractivity contribution in [3.8, 4) is 0 Å². The molecular formula is C17H28N2O. The first-order chi connectivity index (χ1) is 9.70. The van der Waals surface area contributed by atoms with E-state index in [1.165, 1.54) is 5.56 Å². The number of nitrogens with one attached hydrogen (secondary N) is 1. The van der Waals surface area contributed by atoms with Gasteiger partial charge in [0, 0.05) is 25.2 Å². The normalized spacial score (nSPS) is 25.6. The van der Waals surface area contributed by atoms with E-state index in [-0.39, 0.29) is 0 Å². The van der Waals surface area contributed by atoms with Crippen molar-refractivity contribution in [2.45, 2.75) is 45.4 Å². The van der Waals surface area contributed by atoms with E-state index in [0.717, 1.165) is 32.7 Å². The molecule has 112 valence electrons. The standard InChI is InChI=1S/C17H28N2O/c1-4-18-17(16-8-6-5-7-9-16)10-11-19-12-15(3)20-13-14(19)2/h5-9,14-15,17-18H,4,10-13H2,1-3H3. The molecule has 3 atom stereocenters. The lowest BCUT2D eigenvalue weighted by molar-refractivity contribution is -0.0502. The van der Waals surface area contributed by atoms with Gasteiger partial charge in [-0.25, -0.2) is 0 Å². The molecule has 0 aromatic heterocycles. The van der Waals surface area contributed by atoms with Gasteiger partial charge in [-0.15, -0.1) is 0 Å². The van der Waals surface area contributed by atoms with Crippen LogP contribution in [0.3, 0.4) is 0 Å². The van der Waals surface area contributed by atoms with Gasteiger partial charge in [-0.2, -0.15) is 0 Å². The fraction of sp³-hybridized carbons (Fsp3) is 0.647. The van der Waals surface area contributed by atoms with E-state index in [0.29, 0.717) is 18.2 Å². The second-order valence-electron chi connectivity index (χ2n) is 5.80. The molecule has 0 saturated carbocycles. The molecule has 0 radical (unpaired) electrons. The Balaban J connectivity index is 1.92. The fourth-order valence-corrected chi connectivity index (χ4v) is 2.90. The van der Waals surface area contributed by atoms with Crippen molar-refractivity contribution >= 4 is 0 Å². The Morgan fingerprint density at radius 1 is 1.30 bits per heavy atom. The van der Waals surface area contributed by atoms with Crippen LogP contribution < -0.4 is 5.32 Å². The number of ether oxygens (including phenoxy) is 1. The molecule has 0 aliphatic carbocycles. The number of rotatable bonds is 6. The molecule has 1 N–H and O–H groups in total. The number of hydrogen-bond donors (Lipinski definition) is 1. The quantitative estimate of drug-likeness (QED) is 0.864. The molecule has 1 aliphatic rings. The maximum Gasteiger partial charge on any atom is 0.0674 e. The highest BCUT2D eigenvalue weighted by Gasteiger charge is 2.24. The zero-order valence-electron chi connectivity index (χ0n) is 13.0. The van der Waals surface area contributed by atoms with Crippen LogP contribution in [0.25, 0.3) is 0 Å². The lowest BCUT2D eigenvalue weighted by Crippen LogP contribution is -2.48. The van der Waals surface area contributed by atoms with Gasteiger partial charge in [0.2, 0.25) is 0 Å². The monoisotopic (exact) mass is 276 g/mol. The first-order valence-electron chi connectivity index (χ1n) is 7.84. The topological polar surface area (TPSA) is 24.5 Å². The molecule has 3 nitrogen and oxygen atoms in total. The van der Waals surface area contributed by atoms with Gasteiger partial charge in [0.1, 0.15) is 0 Å². The van der Waals surface area contributed by atoms with Crippen LogP contribution >= 0.6 is 0 Å². The van der Waals surface area contributed by atoms with E-state index in [2.05, 4.69) is 61.3 Å². The Morgan fingerprint density at radius 2 is 2.05 bits per heavy atom. The second-order valence-corrected chi connectivity index (χ2v) is 5.80. The summed E-state index contributed by atoms with van der Waals surface area (Å²) in [5.41, 5.74) is 1.39. The minimum atomic E-state index is 0.362. The minimum Gasteiger partial charge on any atom is -0.376 e. The first kappa shape index (κ1) is 15.5. The molecule has 20 heavy (non-hydrogen) atoms. The highest BCUT2D eigenvalue weighted by molar-refractivity contribution is 5.18. The van der Waals surface area contributed by atoms with Gasteiger partial charge >= 0.3 is 0 Å². The molecule has 0 amide bonds. The molecule has 1 aromatic carbocycles. The van der Waals surface area contributed by atoms with E-state index < -0.39 is 0 Å². The van der Waals surface area contributed by atoms with Crippen molar-refractivity contribution in [2.75, 3.05) is 26.2 Å². The Morgan fingerprint density at radius 3 is 2.75 bits per heavy atom. The van der Waals surface area contributed by atoms with Crippen molar-refractivity contribution in [3.63, 3.8) is 0 Å². The summed E-state index contributed by atoms with van der Waals surface area (Å²) < 4.78 is 5.70. The van der Waals surface area contributed by atoms with Gasteiger partial charge in [-0.05, 0) is 32.4 Å². The van der Waals surface area contributed by atoms with Crippen LogP contribution in [0, 0.1) is 0 Å². The second kappa shape index (κ2) is 7.77. The van der Waals surface area contributed by atoms with E-state index in [1.807, 2.05) is 0 Å². The fourth-order valence-electron chi connectivity index (χ4n) is 2.90. The smallest absolute Gasteiger partial charge is 0.0674 e. The molecule has 1 aliphatic heterocycles. The Bertz CT molecular complexity index is 382. The van der Waals surface area contributed by atoms with E-state index >= 15 is 0 Å². The summed E-state index contributed by atoms with van der Waals surface area (Å²) in [6.45, 7) is 10.6. The van der Waals surface area contributed by atoms with Crippen LogP contribution in [0.2, 0.25) is 0 Å². The molecule has 1 fully saturated rings. The van der Waals surface area contributed by atoms with Crippen LogP contribution in [-0.2, 0) is 4.74 Å². The third kappa shape index (κ3) is 4.30. The summed E-state index contributed by atoms with van der Waals surface area (Å²) in [6.07, 6.45) is 1.51. The van der Waals surface area contributed by atoms with Crippen molar-refractivity contribution in [1.29, 1.82) is 0 Å². The first-order valence-corrected chi connectivity index (χ1v) is 7.84. The highest BCUT2D eigenvalue weighted by atomic mass is 16.5. The summed E-state index contributed by atoms with van der Waals surface area (Å²) >= 11 is 0. The summed E-state index contributed by atoms with van der Waals surface area (Å²) in [5.74, 6) is 0. The minimum absolute atomic E-state index is 0.362. The van der Waals surface area contributed by atoms with Crippen LogP contribution in [0.1, 0.15) is 38.8 Å². The third-order valence-corrected chi connectivity index (χ3v) is 4.09. The van der Waals surface area contributed by atoms with Crippen molar-refractivity contribution in [3.05, 3.63) is 35.9 Å². The van der Waals surface area contributed by atoms with Gasteiger partial charge in [-0.3, -0.25) is 4.90 Å². The van der Waals surface area contributed by atoms with E-state index in [9.17, 15) is 0 Å². The Kier molecular flexibility index (Phi) is 6.02. The van der Waals surface area contributed by atoms with Gasteiger partial charge in [0.25, 0.3) is 0 Å². The van der Waals surface area contributed by atoms with Crippen molar-refractivity contribution in [1.82, 2.24) is 10.2 Å². The molecule has 1 saturated heterocycles. The molecule has 0 bridgehead atoms. The largest absolute Gasteiger partial charge is 0.376 e. The zero-order chi connectivity index (χ0) is 14.4. The van der Waals surface area contributed by atoms with Crippen molar-refractivity contribution in [2.24, 2.45) is 0 Å². The Labute approximate surface area is 123 Å². The summed E-state index contributed by atoms with van der Waals surface area (Å²) in [6, 6.07) is 11.8. The lowest BCUT2D eigenvalue weighted by atomic mass is 10.0. The molecule has 3 heteroatoms. The summed E-state index contributed by atoms with van der Waals surface area (Å²) in [5, 5.41) is 3.61. The predicted octanol–water partition coefficient (Wildman–Crippen LogP) is 2.84. The molecular weight excluding hydrogens is 248 g/mol. The summed E-state index contributed by atoms with van der Waals surface area (Å²) in [7, 11) is 0. The van der Waals surface area contributed by atoms with Crippen LogP contribution in [-0.4, -0.2) is 43.3 Å². The third-order valence-electron chi connectivity index (χ3n) is 4.09. The molecule has 1 aromatic rings. The van der Waals surface area contributed by atoms with Gasteiger partial charge in [0.15, 0.2) is 0 Å². The maximum atomic E-state index is 5.70. The van der Waals surface area contributed by atoms with Crippen LogP contribution in [0.15, 0.2) is 30.3 Å². The molecule has 3 unspecified atom stereocenters. The van der Waals surface area contributed by atoms with Crippen LogP contribution in [0.5, 0.6) is 0 Å². The van der Waals surface area contributed by atoms with Gasteiger partial charge in [0.05, 0.1) is 12.7 Å². The highest BCUT2D eigenvalue weighted by Crippen LogP contribution is 2.19. The van der Waals surface area contributed by atoms with Crippen LogP contribution in [0.4, 0.5) is 0 Å². The average molecular weight is 276 g/mol. The summed E-state index contributed by atoms with van der Waals surface area (Å²) in [4.78, 5) is 2.56. The number of hydrogen-bond acceptors (Lipinski definition) is 3. The number of morpholine rings is 1. The molecule has 0 spiro atoms. The maximum absolute atomic E-state index is 5.70. The van der Waals surface area contributed by atoms with Crippen molar-refractivity contribution < 1.29 is 4.74 Å². The Hall–Kier alpha value is -0.900. The molecule has 2 rings (SSSR count). The van der Waals surface area contributed by atoms with E-state index in [4.69, 9.17) is 4.74 Å². The van der Waals surface area contributed by atoms with E-state index in [1.54, 1.807) is 0 Å². The SMILES string of the molecule is CCNC(CCN1CC(C)OCC1C)c1ccccc1. The number of nitrogens with zero attached hydrogens (tertiary/aromatic N) is 1. The zero-order valence-corrected chi connectivity index (χ0v) is 13.0. The average Bonchev–Trinajstić information content (AvgIpc) is 2.47. The van der Waals surface area contributed by atoms with Gasteiger partial charge < -0.3 is 10.1 Å². The molecule has 1 heterocycles. The predicted molar refractivity (Wildman–Crippen MR) is 83.9 cm³/mol.